The first-order valence-corrected chi connectivity index (χ1v) is 9.50. The van der Waals surface area contributed by atoms with Gasteiger partial charge in [0.25, 0.3) is 5.91 Å². The van der Waals surface area contributed by atoms with Crippen LogP contribution in [0, 0.1) is 11.8 Å². The van der Waals surface area contributed by atoms with Crippen LogP contribution in [0.3, 0.4) is 0 Å². The lowest BCUT2D eigenvalue weighted by molar-refractivity contribution is -0.0609. The monoisotopic (exact) mass is 345 g/mol. The summed E-state index contributed by atoms with van der Waals surface area (Å²) in [5.41, 5.74) is 6.66. The SMILES string of the molecule is CC[C@]1(O)CCC[C@H]2CN(C(=O)c3cccc4nc(N)sc34)C[C@H]21. The number of benzene rings is 1. The van der Waals surface area contributed by atoms with Gasteiger partial charge in [-0.3, -0.25) is 4.79 Å². The minimum absolute atomic E-state index is 0.0390. The summed E-state index contributed by atoms with van der Waals surface area (Å²) in [6.07, 6.45) is 3.77. The van der Waals surface area contributed by atoms with Gasteiger partial charge >= 0.3 is 0 Å². The van der Waals surface area contributed by atoms with Gasteiger partial charge in [-0.05, 0) is 37.3 Å². The van der Waals surface area contributed by atoms with Crippen LogP contribution in [0.25, 0.3) is 10.2 Å². The first kappa shape index (κ1) is 15.8. The molecule has 1 aromatic heterocycles. The number of thiazole rings is 1. The minimum atomic E-state index is -0.612. The molecule has 2 aliphatic rings. The van der Waals surface area contributed by atoms with Crippen LogP contribution in [0.15, 0.2) is 18.2 Å². The van der Waals surface area contributed by atoms with E-state index in [2.05, 4.69) is 4.98 Å². The summed E-state index contributed by atoms with van der Waals surface area (Å²) in [5.74, 6) is 0.654. The quantitative estimate of drug-likeness (QED) is 0.877. The van der Waals surface area contributed by atoms with Crippen LogP contribution in [-0.4, -0.2) is 39.6 Å². The lowest BCUT2D eigenvalue weighted by atomic mass is 9.69. The molecule has 1 amide bonds. The number of fused-ring (bicyclic) bond motifs is 2. The molecule has 1 saturated carbocycles. The largest absolute Gasteiger partial charge is 0.390 e. The summed E-state index contributed by atoms with van der Waals surface area (Å²) < 4.78 is 0.862. The van der Waals surface area contributed by atoms with Crippen molar-refractivity contribution in [3.05, 3.63) is 23.8 Å². The number of carbonyl (C=O) groups is 1. The average molecular weight is 345 g/mol. The zero-order chi connectivity index (χ0) is 16.9. The average Bonchev–Trinajstić information content (AvgIpc) is 3.17. The van der Waals surface area contributed by atoms with Crippen LogP contribution in [0.2, 0.25) is 0 Å². The highest BCUT2D eigenvalue weighted by Crippen LogP contribution is 2.44. The van der Waals surface area contributed by atoms with E-state index in [0.29, 0.717) is 23.2 Å². The predicted molar refractivity (Wildman–Crippen MR) is 96.0 cm³/mol. The van der Waals surface area contributed by atoms with Crippen LogP contribution in [-0.2, 0) is 0 Å². The number of aromatic nitrogens is 1. The molecule has 6 heteroatoms. The first-order chi connectivity index (χ1) is 11.5. The second-order valence-corrected chi connectivity index (χ2v) is 8.16. The zero-order valence-electron chi connectivity index (χ0n) is 13.9. The molecule has 2 fully saturated rings. The van der Waals surface area contributed by atoms with Crippen molar-refractivity contribution in [2.24, 2.45) is 11.8 Å². The summed E-state index contributed by atoms with van der Waals surface area (Å²) >= 11 is 1.37. The molecule has 1 aromatic carbocycles. The number of nitrogens with zero attached hydrogens (tertiary/aromatic N) is 2. The minimum Gasteiger partial charge on any atom is -0.390 e. The van der Waals surface area contributed by atoms with Gasteiger partial charge in [0.1, 0.15) is 0 Å². The van der Waals surface area contributed by atoms with E-state index in [0.717, 1.165) is 42.4 Å². The number of hydrogen-bond donors (Lipinski definition) is 2. The maximum atomic E-state index is 13.1. The van der Waals surface area contributed by atoms with Gasteiger partial charge in [-0.25, -0.2) is 4.98 Å². The van der Waals surface area contributed by atoms with Gasteiger partial charge in [0, 0.05) is 19.0 Å². The highest BCUT2D eigenvalue weighted by Gasteiger charge is 2.48. The predicted octanol–water partition coefficient (Wildman–Crippen LogP) is 2.89. The molecular weight excluding hydrogens is 322 g/mol. The molecule has 0 bridgehead atoms. The van der Waals surface area contributed by atoms with Gasteiger partial charge in [-0.15, -0.1) is 0 Å². The van der Waals surface area contributed by atoms with E-state index < -0.39 is 5.60 Å². The van der Waals surface area contributed by atoms with Crippen molar-refractivity contribution in [2.75, 3.05) is 18.8 Å². The molecule has 4 rings (SSSR count). The van der Waals surface area contributed by atoms with Gasteiger partial charge in [0.15, 0.2) is 5.13 Å². The highest BCUT2D eigenvalue weighted by atomic mass is 32.1. The molecule has 3 N–H and O–H groups in total. The third kappa shape index (κ3) is 2.40. The van der Waals surface area contributed by atoms with Gasteiger partial charge in [-0.2, -0.15) is 0 Å². The second-order valence-electron chi connectivity index (χ2n) is 7.13. The maximum absolute atomic E-state index is 13.1. The number of carbonyl (C=O) groups excluding carboxylic acids is 1. The molecule has 1 aliphatic carbocycles. The van der Waals surface area contributed by atoms with Crippen LogP contribution >= 0.6 is 11.3 Å². The van der Waals surface area contributed by atoms with Crippen LogP contribution in [0.5, 0.6) is 0 Å². The number of likely N-dealkylation sites (tertiary alicyclic amines) is 1. The Morgan fingerprint density at radius 3 is 3.12 bits per heavy atom. The Labute approximate surface area is 145 Å². The van der Waals surface area contributed by atoms with E-state index in [4.69, 9.17) is 5.73 Å². The topological polar surface area (TPSA) is 79.5 Å². The second kappa shape index (κ2) is 5.70. The van der Waals surface area contributed by atoms with E-state index in [1.165, 1.54) is 11.3 Å². The van der Waals surface area contributed by atoms with Gasteiger partial charge in [0.05, 0.1) is 21.4 Å². The van der Waals surface area contributed by atoms with Crippen molar-refractivity contribution in [3.8, 4) is 0 Å². The Morgan fingerprint density at radius 2 is 2.33 bits per heavy atom. The molecule has 0 radical (unpaired) electrons. The number of hydrogen-bond acceptors (Lipinski definition) is 5. The Bertz CT molecular complexity index is 790. The fraction of sp³-hybridized carbons (Fsp3) is 0.556. The first-order valence-electron chi connectivity index (χ1n) is 8.68. The number of anilines is 1. The Morgan fingerprint density at radius 1 is 1.50 bits per heavy atom. The third-order valence-corrected chi connectivity index (χ3v) is 6.81. The molecule has 128 valence electrons. The molecule has 5 nitrogen and oxygen atoms in total. The number of nitrogens with two attached hydrogens (primary N) is 1. The summed E-state index contributed by atoms with van der Waals surface area (Å²) in [6, 6.07) is 5.61. The Balaban J connectivity index is 1.63. The number of nitrogen functional groups attached to an aromatic ring is 1. The number of amides is 1. The molecule has 0 unspecified atom stereocenters. The fourth-order valence-corrected chi connectivity index (χ4v) is 5.37. The van der Waals surface area contributed by atoms with Crippen molar-refractivity contribution in [2.45, 2.75) is 38.2 Å². The van der Waals surface area contributed by atoms with E-state index in [1.807, 2.05) is 30.0 Å². The van der Waals surface area contributed by atoms with Crippen LogP contribution < -0.4 is 5.73 Å². The highest BCUT2D eigenvalue weighted by molar-refractivity contribution is 7.22. The van der Waals surface area contributed by atoms with E-state index in [-0.39, 0.29) is 11.8 Å². The van der Waals surface area contributed by atoms with Crippen LogP contribution in [0.4, 0.5) is 5.13 Å². The van der Waals surface area contributed by atoms with Gasteiger partial charge < -0.3 is 15.7 Å². The molecule has 2 heterocycles. The zero-order valence-corrected chi connectivity index (χ0v) is 14.7. The standard InChI is InChI=1S/C18H23N3O2S/c1-2-18(23)8-4-5-11-9-21(10-13(11)18)16(22)12-6-3-7-14-15(12)24-17(19)20-14/h3,6-7,11,13,23H,2,4-5,8-10H2,1H3,(H2,19,20)/t11-,13+,18-/m0/s1. The normalized spacial score (nSPS) is 29.8. The molecule has 2 aromatic rings. The van der Waals surface area contributed by atoms with Crippen molar-refractivity contribution in [1.82, 2.24) is 9.88 Å². The Hall–Kier alpha value is -1.66. The lowest BCUT2D eigenvalue weighted by Crippen LogP contribution is -2.44. The summed E-state index contributed by atoms with van der Waals surface area (Å²) in [4.78, 5) is 19.3. The summed E-state index contributed by atoms with van der Waals surface area (Å²) in [6.45, 7) is 3.45. The molecule has 3 atom stereocenters. The molecular formula is C18H23N3O2S. The lowest BCUT2D eigenvalue weighted by Gasteiger charge is -2.40. The van der Waals surface area contributed by atoms with Crippen molar-refractivity contribution < 1.29 is 9.90 Å². The maximum Gasteiger partial charge on any atom is 0.255 e. The Kier molecular flexibility index (Phi) is 3.77. The summed E-state index contributed by atoms with van der Waals surface area (Å²) in [7, 11) is 0. The number of rotatable bonds is 2. The molecule has 24 heavy (non-hydrogen) atoms. The van der Waals surface area contributed by atoms with Gasteiger partial charge in [-0.1, -0.05) is 30.7 Å². The number of aliphatic hydroxyl groups is 1. The summed E-state index contributed by atoms with van der Waals surface area (Å²) in [5, 5.41) is 11.4. The third-order valence-electron chi connectivity index (χ3n) is 5.88. The fourth-order valence-electron chi connectivity index (χ4n) is 4.54. The van der Waals surface area contributed by atoms with Crippen molar-refractivity contribution >= 4 is 32.6 Å². The van der Waals surface area contributed by atoms with E-state index in [9.17, 15) is 9.90 Å². The smallest absolute Gasteiger partial charge is 0.255 e. The molecule has 1 saturated heterocycles. The molecule has 0 spiro atoms. The molecule has 1 aliphatic heterocycles. The van der Waals surface area contributed by atoms with E-state index >= 15 is 0 Å². The van der Waals surface area contributed by atoms with Crippen molar-refractivity contribution in [1.29, 1.82) is 0 Å². The van der Waals surface area contributed by atoms with Crippen molar-refractivity contribution in [3.63, 3.8) is 0 Å². The van der Waals surface area contributed by atoms with Crippen LogP contribution in [0.1, 0.15) is 43.0 Å². The van der Waals surface area contributed by atoms with Gasteiger partial charge in [0.2, 0.25) is 0 Å². The van der Waals surface area contributed by atoms with E-state index in [1.54, 1.807) is 0 Å².